The molecule has 0 aliphatic heterocycles. The molecule has 2 unspecified atom stereocenters. The fraction of sp³-hybridized carbons (Fsp3) is 0.533. The number of carbonyl (C=O) groups excluding carboxylic acids is 1. The zero-order valence-corrected chi connectivity index (χ0v) is 13.2. The standard InChI is InChI=1S/C15H20BrFN2O/c1-9-3-2-4-10(6-5-9)19-15(20)11-7-14(18)13(17)8-12(11)16/h7-10H,2-6,18H2,1H3,(H,19,20). The van der Waals surface area contributed by atoms with E-state index in [1.807, 2.05) is 0 Å². The molecular weight excluding hydrogens is 323 g/mol. The molecule has 1 aliphatic carbocycles. The minimum absolute atomic E-state index is 0.00663. The maximum atomic E-state index is 13.3. The number of nitrogens with one attached hydrogen (secondary N) is 1. The molecule has 20 heavy (non-hydrogen) atoms. The molecule has 0 spiro atoms. The maximum Gasteiger partial charge on any atom is 0.252 e. The Kier molecular flexibility index (Phi) is 5.02. The van der Waals surface area contributed by atoms with Gasteiger partial charge in [0.2, 0.25) is 0 Å². The zero-order valence-electron chi connectivity index (χ0n) is 11.6. The van der Waals surface area contributed by atoms with Crippen molar-refractivity contribution < 1.29 is 9.18 Å². The minimum atomic E-state index is -0.517. The number of anilines is 1. The highest BCUT2D eigenvalue weighted by atomic mass is 79.9. The summed E-state index contributed by atoms with van der Waals surface area (Å²) in [7, 11) is 0. The first-order valence-electron chi connectivity index (χ1n) is 7.02. The predicted octanol–water partition coefficient (Wildman–Crippen LogP) is 3.87. The van der Waals surface area contributed by atoms with Gasteiger partial charge in [-0.2, -0.15) is 0 Å². The van der Waals surface area contributed by atoms with Crippen LogP contribution in [0, 0.1) is 11.7 Å². The fourth-order valence-corrected chi connectivity index (χ4v) is 3.13. The Morgan fingerprint density at radius 2 is 2.10 bits per heavy atom. The van der Waals surface area contributed by atoms with Gasteiger partial charge in [-0.15, -0.1) is 0 Å². The summed E-state index contributed by atoms with van der Waals surface area (Å²) < 4.78 is 13.7. The van der Waals surface area contributed by atoms with Gasteiger partial charge in [0.05, 0.1) is 11.3 Å². The van der Waals surface area contributed by atoms with Crippen molar-refractivity contribution in [2.75, 3.05) is 5.73 Å². The summed E-state index contributed by atoms with van der Waals surface area (Å²) in [6.45, 7) is 2.25. The van der Waals surface area contributed by atoms with Crippen molar-refractivity contribution in [3.05, 3.63) is 28.0 Å². The molecule has 1 aliphatic rings. The van der Waals surface area contributed by atoms with E-state index in [9.17, 15) is 9.18 Å². The second-order valence-electron chi connectivity index (χ2n) is 5.64. The molecule has 1 amide bonds. The first kappa shape index (κ1) is 15.3. The molecule has 0 radical (unpaired) electrons. The second kappa shape index (κ2) is 6.57. The van der Waals surface area contributed by atoms with E-state index in [1.54, 1.807) is 0 Å². The lowest BCUT2D eigenvalue weighted by atomic mass is 10.0. The van der Waals surface area contributed by atoms with Gasteiger partial charge in [0.25, 0.3) is 5.91 Å². The highest BCUT2D eigenvalue weighted by Gasteiger charge is 2.20. The van der Waals surface area contributed by atoms with Crippen molar-refractivity contribution in [2.24, 2.45) is 5.92 Å². The molecule has 1 saturated carbocycles. The van der Waals surface area contributed by atoms with Gasteiger partial charge in [0.1, 0.15) is 5.82 Å². The average molecular weight is 343 g/mol. The van der Waals surface area contributed by atoms with E-state index in [0.717, 1.165) is 31.6 Å². The van der Waals surface area contributed by atoms with E-state index in [1.165, 1.54) is 18.6 Å². The Morgan fingerprint density at radius 1 is 1.35 bits per heavy atom. The van der Waals surface area contributed by atoms with E-state index in [-0.39, 0.29) is 17.6 Å². The Labute approximate surface area is 127 Å². The highest BCUT2D eigenvalue weighted by Crippen LogP contribution is 2.25. The van der Waals surface area contributed by atoms with Crippen LogP contribution in [-0.4, -0.2) is 11.9 Å². The Morgan fingerprint density at radius 3 is 2.85 bits per heavy atom. The summed E-state index contributed by atoms with van der Waals surface area (Å²) in [5, 5.41) is 3.04. The first-order valence-corrected chi connectivity index (χ1v) is 7.82. The van der Waals surface area contributed by atoms with E-state index in [2.05, 4.69) is 28.2 Å². The monoisotopic (exact) mass is 342 g/mol. The first-order chi connectivity index (χ1) is 9.47. The third kappa shape index (κ3) is 3.72. The number of rotatable bonds is 2. The summed E-state index contributed by atoms with van der Waals surface area (Å²) in [6.07, 6.45) is 5.50. The van der Waals surface area contributed by atoms with E-state index in [0.29, 0.717) is 10.0 Å². The van der Waals surface area contributed by atoms with Gasteiger partial charge in [-0.1, -0.05) is 19.8 Å². The molecule has 110 valence electrons. The van der Waals surface area contributed by atoms with Crippen LogP contribution in [0.4, 0.5) is 10.1 Å². The van der Waals surface area contributed by atoms with Crippen molar-refractivity contribution in [3.8, 4) is 0 Å². The van der Waals surface area contributed by atoms with Crippen LogP contribution in [0.5, 0.6) is 0 Å². The third-order valence-electron chi connectivity index (χ3n) is 3.92. The number of nitrogens with two attached hydrogens (primary N) is 1. The van der Waals surface area contributed by atoms with Crippen molar-refractivity contribution in [3.63, 3.8) is 0 Å². The molecule has 2 atom stereocenters. The van der Waals surface area contributed by atoms with Crippen LogP contribution in [0.3, 0.4) is 0 Å². The molecule has 1 aromatic rings. The Hall–Kier alpha value is -1.10. The van der Waals surface area contributed by atoms with Gasteiger partial charge in [0.15, 0.2) is 0 Å². The number of amides is 1. The number of benzene rings is 1. The quantitative estimate of drug-likeness (QED) is 0.633. The topological polar surface area (TPSA) is 55.1 Å². The van der Waals surface area contributed by atoms with E-state index >= 15 is 0 Å². The molecule has 1 aromatic carbocycles. The van der Waals surface area contributed by atoms with Gasteiger partial charge < -0.3 is 11.1 Å². The summed E-state index contributed by atoms with van der Waals surface area (Å²) in [6, 6.07) is 2.82. The van der Waals surface area contributed by atoms with Crippen LogP contribution in [-0.2, 0) is 0 Å². The largest absolute Gasteiger partial charge is 0.396 e. The molecule has 0 bridgehead atoms. The van der Waals surface area contributed by atoms with Crippen molar-refractivity contribution in [1.82, 2.24) is 5.32 Å². The zero-order chi connectivity index (χ0) is 14.7. The van der Waals surface area contributed by atoms with Crippen LogP contribution in [0.2, 0.25) is 0 Å². The van der Waals surface area contributed by atoms with Gasteiger partial charge in [0, 0.05) is 10.5 Å². The van der Waals surface area contributed by atoms with Crippen LogP contribution in [0.25, 0.3) is 0 Å². The molecule has 5 heteroatoms. The number of halogens is 2. The lowest BCUT2D eigenvalue weighted by molar-refractivity contribution is 0.0932. The normalized spacial score (nSPS) is 23.1. The summed E-state index contributed by atoms with van der Waals surface area (Å²) in [5.41, 5.74) is 5.91. The average Bonchev–Trinajstić information content (AvgIpc) is 2.59. The van der Waals surface area contributed by atoms with Crippen LogP contribution in [0.1, 0.15) is 49.4 Å². The molecule has 0 aromatic heterocycles. The van der Waals surface area contributed by atoms with Crippen LogP contribution >= 0.6 is 15.9 Å². The SMILES string of the molecule is CC1CCCC(NC(=O)c2cc(N)c(F)cc2Br)CC1. The molecule has 0 saturated heterocycles. The predicted molar refractivity (Wildman–Crippen MR) is 82.0 cm³/mol. The van der Waals surface area contributed by atoms with Crippen molar-refractivity contribution in [2.45, 2.75) is 45.1 Å². The Bertz CT molecular complexity index is 507. The van der Waals surface area contributed by atoms with Gasteiger partial charge >= 0.3 is 0 Å². The highest BCUT2D eigenvalue weighted by molar-refractivity contribution is 9.10. The van der Waals surface area contributed by atoms with Crippen molar-refractivity contribution in [1.29, 1.82) is 0 Å². The van der Waals surface area contributed by atoms with Gasteiger partial charge in [-0.25, -0.2) is 4.39 Å². The van der Waals surface area contributed by atoms with E-state index in [4.69, 9.17) is 5.73 Å². The minimum Gasteiger partial charge on any atom is -0.396 e. The lowest BCUT2D eigenvalue weighted by Gasteiger charge is -2.17. The van der Waals surface area contributed by atoms with Crippen LogP contribution < -0.4 is 11.1 Å². The molecule has 1 fully saturated rings. The number of hydrogen-bond donors (Lipinski definition) is 2. The third-order valence-corrected chi connectivity index (χ3v) is 4.58. The van der Waals surface area contributed by atoms with Gasteiger partial charge in [-0.3, -0.25) is 4.79 Å². The lowest BCUT2D eigenvalue weighted by Crippen LogP contribution is -2.34. The molecule has 3 nitrogen and oxygen atoms in total. The molecule has 0 heterocycles. The Balaban J connectivity index is 2.06. The second-order valence-corrected chi connectivity index (χ2v) is 6.49. The fourth-order valence-electron chi connectivity index (χ4n) is 2.63. The number of hydrogen-bond acceptors (Lipinski definition) is 2. The smallest absolute Gasteiger partial charge is 0.252 e. The number of carbonyl (C=O) groups is 1. The number of nitrogen functional groups attached to an aromatic ring is 1. The van der Waals surface area contributed by atoms with Gasteiger partial charge in [-0.05, 0) is 53.2 Å². The molecule has 2 rings (SSSR count). The summed E-state index contributed by atoms with van der Waals surface area (Å²) in [4.78, 5) is 12.3. The molecular formula is C15H20BrFN2O. The van der Waals surface area contributed by atoms with Crippen LogP contribution in [0.15, 0.2) is 16.6 Å². The van der Waals surface area contributed by atoms with Crippen molar-refractivity contribution >= 4 is 27.5 Å². The molecule has 3 N–H and O–H groups in total. The maximum absolute atomic E-state index is 13.3. The van der Waals surface area contributed by atoms with E-state index < -0.39 is 5.82 Å². The summed E-state index contributed by atoms with van der Waals surface area (Å²) >= 11 is 3.22. The summed E-state index contributed by atoms with van der Waals surface area (Å²) in [5.74, 6) is 0.0185.